The van der Waals surface area contributed by atoms with Gasteiger partial charge in [-0.25, -0.2) is 8.42 Å². The van der Waals surface area contributed by atoms with E-state index in [0.29, 0.717) is 17.2 Å². The molecule has 0 aliphatic rings. The second-order valence-electron chi connectivity index (χ2n) is 6.82. The summed E-state index contributed by atoms with van der Waals surface area (Å²) in [5.74, 6) is 1.99. The first kappa shape index (κ1) is 20.5. The van der Waals surface area contributed by atoms with Crippen LogP contribution in [0.25, 0.3) is 11.1 Å². The van der Waals surface area contributed by atoms with E-state index < -0.39 is 9.84 Å². The molecule has 156 valence electrons. The van der Waals surface area contributed by atoms with Crippen molar-refractivity contribution in [3.05, 3.63) is 97.1 Å². The van der Waals surface area contributed by atoms with Crippen molar-refractivity contribution >= 4 is 9.84 Å². The minimum absolute atomic E-state index is 0.188. The van der Waals surface area contributed by atoms with Gasteiger partial charge in [0.05, 0.1) is 16.9 Å². The lowest BCUT2D eigenvalue weighted by Crippen LogP contribution is -2.01. The highest BCUT2D eigenvalue weighted by molar-refractivity contribution is 7.91. The molecule has 0 amide bonds. The van der Waals surface area contributed by atoms with Crippen LogP contribution in [0.3, 0.4) is 0 Å². The zero-order chi connectivity index (χ0) is 21.8. The summed E-state index contributed by atoms with van der Waals surface area (Å²) >= 11 is 0. The molecule has 0 radical (unpaired) electrons. The minimum atomic E-state index is -3.62. The molecule has 0 aliphatic heterocycles. The smallest absolute Gasteiger partial charge is 0.206 e. The van der Waals surface area contributed by atoms with E-state index in [0.717, 1.165) is 11.1 Å². The van der Waals surface area contributed by atoms with Crippen LogP contribution in [-0.2, 0) is 9.84 Å². The van der Waals surface area contributed by atoms with Crippen LogP contribution in [-0.4, -0.2) is 20.6 Å². The second-order valence-corrected chi connectivity index (χ2v) is 8.77. The average Bonchev–Trinajstić information content (AvgIpc) is 2.80. The molecule has 5 nitrogen and oxygen atoms in total. The van der Waals surface area contributed by atoms with Gasteiger partial charge in [-0.1, -0.05) is 24.3 Å². The van der Waals surface area contributed by atoms with Crippen LogP contribution in [0, 0.1) is 0 Å². The van der Waals surface area contributed by atoms with Crippen LogP contribution in [0.1, 0.15) is 0 Å². The lowest BCUT2D eigenvalue weighted by molar-refractivity contribution is 0.414. The Balaban J connectivity index is 1.48. The number of phenols is 1. The Kier molecular flexibility index (Phi) is 5.64. The summed E-state index contributed by atoms with van der Waals surface area (Å²) in [6, 6.07) is 27.1. The number of aromatic hydroxyl groups is 1. The molecule has 0 aliphatic carbocycles. The highest BCUT2D eigenvalue weighted by Crippen LogP contribution is 2.29. The van der Waals surface area contributed by atoms with E-state index in [1.807, 2.05) is 36.4 Å². The Labute approximate surface area is 181 Å². The van der Waals surface area contributed by atoms with Gasteiger partial charge in [0, 0.05) is 0 Å². The first-order valence-corrected chi connectivity index (χ1v) is 11.0. The molecule has 0 bridgehead atoms. The highest BCUT2D eigenvalue weighted by atomic mass is 32.2. The van der Waals surface area contributed by atoms with E-state index in [1.165, 1.54) is 31.4 Å². The number of hydrogen-bond donors (Lipinski definition) is 1. The Morgan fingerprint density at radius 2 is 0.968 bits per heavy atom. The number of phenolic OH excluding ortho intramolecular Hbond substituents is 1. The van der Waals surface area contributed by atoms with Gasteiger partial charge in [0.15, 0.2) is 0 Å². The van der Waals surface area contributed by atoms with E-state index >= 15 is 0 Å². The number of benzene rings is 4. The van der Waals surface area contributed by atoms with Crippen LogP contribution in [0.15, 0.2) is 107 Å². The minimum Gasteiger partial charge on any atom is -0.508 e. The molecular weight excluding hydrogens is 412 g/mol. The molecule has 0 saturated carbocycles. The lowest BCUT2D eigenvalue weighted by atomic mass is 10.1. The maximum absolute atomic E-state index is 12.8. The summed E-state index contributed by atoms with van der Waals surface area (Å²) < 4.78 is 36.5. The third-order valence-corrected chi connectivity index (χ3v) is 6.58. The average molecular weight is 432 g/mol. The van der Waals surface area contributed by atoms with Gasteiger partial charge in [-0.15, -0.1) is 0 Å². The fourth-order valence-corrected chi connectivity index (χ4v) is 4.34. The molecule has 0 saturated heterocycles. The fraction of sp³-hybridized carbons (Fsp3) is 0.0400. The molecule has 0 atom stereocenters. The number of rotatable bonds is 6. The van der Waals surface area contributed by atoms with Crippen molar-refractivity contribution < 1.29 is 23.0 Å². The van der Waals surface area contributed by atoms with Crippen molar-refractivity contribution in [1.29, 1.82) is 0 Å². The Morgan fingerprint density at radius 3 is 1.42 bits per heavy atom. The van der Waals surface area contributed by atoms with E-state index in [9.17, 15) is 13.5 Å². The van der Waals surface area contributed by atoms with Gasteiger partial charge in [-0.05, 0) is 83.9 Å². The van der Waals surface area contributed by atoms with Gasteiger partial charge in [-0.2, -0.15) is 0 Å². The molecule has 0 fully saturated rings. The zero-order valence-electron chi connectivity index (χ0n) is 16.7. The molecule has 4 rings (SSSR count). The lowest BCUT2D eigenvalue weighted by Gasteiger charge is -2.09. The topological polar surface area (TPSA) is 72.8 Å². The van der Waals surface area contributed by atoms with E-state index in [-0.39, 0.29) is 15.5 Å². The van der Waals surface area contributed by atoms with Gasteiger partial charge in [0.25, 0.3) is 0 Å². The Hall–Kier alpha value is -3.77. The Bertz CT molecular complexity index is 1260. The summed E-state index contributed by atoms with van der Waals surface area (Å²) in [5, 5.41) is 9.40. The van der Waals surface area contributed by atoms with Crippen LogP contribution in [0.5, 0.6) is 23.0 Å². The van der Waals surface area contributed by atoms with Crippen molar-refractivity contribution in [2.24, 2.45) is 0 Å². The van der Waals surface area contributed by atoms with E-state index in [4.69, 9.17) is 9.47 Å². The fourth-order valence-electron chi connectivity index (χ4n) is 3.08. The quantitative estimate of drug-likeness (QED) is 0.424. The zero-order valence-corrected chi connectivity index (χ0v) is 17.5. The van der Waals surface area contributed by atoms with Gasteiger partial charge < -0.3 is 14.6 Å². The van der Waals surface area contributed by atoms with Crippen LogP contribution in [0.4, 0.5) is 0 Å². The van der Waals surface area contributed by atoms with Crippen molar-refractivity contribution in [3.63, 3.8) is 0 Å². The van der Waals surface area contributed by atoms with E-state index in [1.54, 1.807) is 36.4 Å². The molecule has 0 heterocycles. The van der Waals surface area contributed by atoms with E-state index in [2.05, 4.69) is 0 Å². The predicted molar refractivity (Wildman–Crippen MR) is 119 cm³/mol. The molecule has 31 heavy (non-hydrogen) atoms. The molecule has 4 aromatic rings. The van der Waals surface area contributed by atoms with Gasteiger partial charge in [0.1, 0.15) is 23.0 Å². The van der Waals surface area contributed by atoms with Crippen LogP contribution >= 0.6 is 0 Å². The molecule has 0 aromatic heterocycles. The number of ether oxygens (including phenoxy) is 2. The molecule has 0 unspecified atom stereocenters. The third kappa shape index (κ3) is 4.54. The predicted octanol–water partition coefficient (Wildman–Crippen LogP) is 5.69. The molecule has 1 N–H and O–H groups in total. The molecule has 4 aromatic carbocycles. The molecular formula is C25H20O5S. The van der Waals surface area contributed by atoms with Gasteiger partial charge in [-0.3, -0.25) is 0 Å². The summed E-state index contributed by atoms with van der Waals surface area (Å²) in [6.07, 6.45) is 0. The number of methoxy groups -OCH3 is 1. The van der Waals surface area contributed by atoms with Crippen molar-refractivity contribution in [2.75, 3.05) is 7.11 Å². The summed E-state index contributed by atoms with van der Waals surface area (Å²) in [5.41, 5.74) is 1.98. The normalized spacial score (nSPS) is 11.1. The molecule has 6 heteroatoms. The third-order valence-electron chi connectivity index (χ3n) is 4.79. The maximum Gasteiger partial charge on any atom is 0.206 e. The largest absolute Gasteiger partial charge is 0.508 e. The van der Waals surface area contributed by atoms with Crippen molar-refractivity contribution in [3.8, 4) is 34.1 Å². The monoisotopic (exact) mass is 432 g/mol. The van der Waals surface area contributed by atoms with Gasteiger partial charge in [0.2, 0.25) is 9.84 Å². The highest BCUT2D eigenvalue weighted by Gasteiger charge is 2.17. The van der Waals surface area contributed by atoms with Crippen molar-refractivity contribution in [2.45, 2.75) is 9.79 Å². The van der Waals surface area contributed by atoms with Crippen molar-refractivity contribution in [1.82, 2.24) is 0 Å². The summed E-state index contributed by atoms with van der Waals surface area (Å²) in [4.78, 5) is 0.388. The maximum atomic E-state index is 12.8. The van der Waals surface area contributed by atoms with Crippen LogP contribution < -0.4 is 9.47 Å². The Morgan fingerprint density at radius 1 is 0.581 bits per heavy atom. The number of sulfone groups is 1. The number of hydrogen-bond acceptors (Lipinski definition) is 5. The first-order chi connectivity index (χ1) is 15.0. The first-order valence-electron chi connectivity index (χ1n) is 9.52. The standard InChI is InChI=1S/C25H20O5S/c1-29-21-10-14-24(15-11-21)31(27,28)25-16-12-23(13-17-25)30-22-8-4-19(5-9-22)18-2-6-20(26)7-3-18/h2-17,26H,1H3. The molecule has 0 spiro atoms. The van der Waals surface area contributed by atoms with Crippen LogP contribution in [0.2, 0.25) is 0 Å². The summed E-state index contributed by atoms with van der Waals surface area (Å²) in [7, 11) is -2.09. The second kappa shape index (κ2) is 8.53. The summed E-state index contributed by atoms with van der Waals surface area (Å²) in [6.45, 7) is 0. The SMILES string of the molecule is COc1ccc(S(=O)(=O)c2ccc(Oc3ccc(-c4ccc(O)cc4)cc3)cc2)cc1. The van der Waals surface area contributed by atoms with Gasteiger partial charge >= 0.3 is 0 Å².